The van der Waals surface area contributed by atoms with Gasteiger partial charge in [0.25, 0.3) is 11.4 Å². The second-order valence-electron chi connectivity index (χ2n) is 11.0. The highest BCUT2D eigenvalue weighted by atomic mass is 79.9. The SMILES string of the molecule is Brc1ccc2nc(-c3ccccc3)sc2c1.O=[N+]([O-])c1ccccc1-c1ccc2nc(-c3ccccc3)sc2c1.O=[N+]([O-])c1ccccc1B(O)O. The summed E-state index contributed by atoms with van der Waals surface area (Å²) in [6.45, 7) is 0. The molecule has 0 spiro atoms. The highest BCUT2D eigenvalue weighted by molar-refractivity contribution is 9.10. The lowest BCUT2D eigenvalue weighted by molar-refractivity contribution is -0.384. The van der Waals surface area contributed by atoms with E-state index in [0.717, 1.165) is 41.3 Å². The molecule has 52 heavy (non-hydrogen) atoms. The van der Waals surface area contributed by atoms with Crippen molar-refractivity contribution in [3.63, 3.8) is 0 Å². The minimum atomic E-state index is -1.80. The number of halogens is 1. The van der Waals surface area contributed by atoms with E-state index in [1.54, 1.807) is 34.8 Å². The van der Waals surface area contributed by atoms with Crippen molar-refractivity contribution in [3.8, 4) is 32.3 Å². The minimum Gasteiger partial charge on any atom is -0.423 e. The number of rotatable bonds is 6. The van der Waals surface area contributed by atoms with E-state index in [-0.39, 0.29) is 21.8 Å². The van der Waals surface area contributed by atoms with Crippen LogP contribution >= 0.6 is 38.6 Å². The second-order valence-corrected chi connectivity index (χ2v) is 14.0. The Morgan fingerprint density at radius 1 is 0.558 bits per heavy atom. The van der Waals surface area contributed by atoms with Crippen molar-refractivity contribution >= 4 is 83.0 Å². The maximum absolute atomic E-state index is 11.2. The predicted octanol–water partition coefficient (Wildman–Crippen LogP) is 9.54. The zero-order valence-corrected chi connectivity index (χ0v) is 30.2. The van der Waals surface area contributed by atoms with Gasteiger partial charge >= 0.3 is 7.12 Å². The van der Waals surface area contributed by atoms with Crippen LogP contribution < -0.4 is 5.46 Å². The van der Waals surface area contributed by atoms with Crippen LogP contribution in [0.4, 0.5) is 11.4 Å². The molecule has 8 aromatic rings. The van der Waals surface area contributed by atoms with Gasteiger partial charge in [-0.05, 0) is 42.0 Å². The largest absolute Gasteiger partial charge is 0.495 e. The molecule has 2 aromatic heterocycles. The summed E-state index contributed by atoms with van der Waals surface area (Å²) in [5, 5.41) is 41.0. The number of aromatic nitrogens is 2. The molecule has 0 fully saturated rings. The van der Waals surface area contributed by atoms with Crippen LogP contribution in [0.15, 0.2) is 150 Å². The summed E-state index contributed by atoms with van der Waals surface area (Å²) in [6, 6.07) is 44.5. The monoisotopic (exact) mass is 788 g/mol. The van der Waals surface area contributed by atoms with Crippen molar-refractivity contribution in [1.29, 1.82) is 0 Å². The first-order valence-corrected chi connectivity index (χ1v) is 18.0. The van der Waals surface area contributed by atoms with Crippen LogP contribution in [0.1, 0.15) is 0 Å². The summed E-state index contributed by atoms with van der Waals surface area (Å²) in [4.78, 5) is 29.8. The zero-order chi connectivity index (χ0) is 36.6. The number of nitro benzene ring substituents is 2. The third kappa shape index (κ3) is 8.62. The lowest BCUT2D eigenvalue weighted by atomic mass is 9.79. The van der Waals surface area contributed by atoms with Crippen LogP contribution in [-0.2, 0) is 0 Å². The minimum absolute atomic E-state index is 0.0949. The van der Waals surface area contributed by atoms with Gasteiger partial charge in [0.05, 0.1) is 41.3 Å². The van der Waals surface area contributed by atoms with Gasteiger partial charge in [0.15, 0.2) is 0 Å². The van der Waals surface area contributed by atoms with Gasteiger partial charge in [-0.2, -0.15) is 0 Å². The average Bonchev–Trinajstić information content (AvgIpc) is 3.80. The second kappa shape index (κ2) is 16.6. The number of hydrogen-bond donors (Lipinski definition) is 2. The van der Waals surface area contributed by atoms with E-state index >= 15 is 0 Å². The molecule has 2 N–H and O–H groups in total. The van der Waals surface area contributed by atoms with E-state index in [0.29, 0.717) is 5.56 Å². The molecular weight excluding hydrogens is 763 g/mol. The van der Waals surface area contributed by atoms with Crippen molar-refractivity contribution < 1.29 is 19.9 Å². The van der Waals surface area contributed by atoms with E-state index in [2.05, 4.69) is 44.1 Å². The molecule has 0 saturated carbocycles. The normalized spacial score (nSPS) is 10.5. The first-order chi connectivity index (χ1) is 25.2. The molecule has 0 amide bonds. The Hall–Kier alpha value is -5.64. The third-order valence-electron chi connectivity index (χ3n) is 7.60. The number of hydrogen-bond acceptors (Lipinski definition) is 10. The maximum Gasteiger partial charge on any atom is 0.495 e. The molecular formula is C38H26BBrN4O6S2. The zero-order valence-electron chi connectivity index (χ0n) is 26.9. The van der Waals surface area contributed by atoms with Gasteiger partial charge in [-0.25, -0.2) is 9.97 Å². The lowest BCUT2D eigenvalue weighted by Crippen LogP contribution is -2.31. The number of nitro groups is 2. The molecule has 0 saturated heterocycles. The number of benzene rings is 6. The molecule has 0 bridgehead atoms. The first kappa shape index (κ1) is 36.2. The number of thiazole rings is 2. The van der Waals surface area contributed by atoms with Crippen LogP contribution in [-0.4, -0.2) is 37.0 Å². The number of fused-ring (bicyclic) bond motifs is 2. The molecule has 256 valence electrons. The van der Waals surface area contributed by atoms with Crippen molar-refractivity contribution in [2.75, 3.05) is 0 Å². The van der Waals surface area contributed by atoms with Gasteiger partial charge in [0.2, 0.25) is 0 Å². The van der Waals surface area contributed by atoms with Gasteiger partial charge in [0, 0.05) is 27.7 Å². The molecule has 8 rings (SSSR count). The fourth-order valence-corrected chi connectivity index (χ4v) is 7.68. The highest BCUT2D eigenvalue weighted by Gasteiger charge is 2.22. The van der Waals surface area contributed by atoms with E-state index in [9.17, 15) is 20.2 Å². The summed E-state index contributed by atoms with van der Waals surface area (Å²) in [5.41, 5.74) is 5.41. The molecule has 14 heteroatoms. The van der Waals surface area contributed by atoms with Crippen LogP contribution in [0.3, 0.4) is 0 Å². The Labute approximate surface area is 313 Å². The van der Waals surface area contributed by atoms with Gasteiger partial charge in [-0.3, -0.25) is 20.2 Å². The lowest BCUT2D eigenvalue weighted by Gasteiger charge is -2.02. The summed E-state index contributed by atoms with van der Waals surface area (Å²) in [7, 11) is -1.80. The van der Waals surface area contributed by atoms with Crippen LogP contribution in [0.5, 0.6) is 0 Å². The van der Waals surface area contributed by atoms with E-state index < -0.39 is 12.0 Å². The van der Waals surface area contributed by atoms with Crippen molar-refractivity contribution in [1.82, 2.24) is 9.97 Å². The molecule has 0 aliphatic rings. The standard InChI is InChI=1S/C19H12N2O2S.C13H8BrNS.C6H6BNO4/c22-21(23)17-9-5-4-8-15(17)14-10-11-16-18(12-14)24-19(20-16)13-6-2-1-3-7-13;14-10-6-7-11-12(8-10)16-13(15-11)9-4-2-1-3-5-9;9-7(10)5-3-1-2-4-6(5)8(11)12/h1-12H;1-8H;1-4,9-10H. The highest BCUT2D eigenvalue weighted by Crippen LogP contribution is 2.36. The number of nitrogens with zero attached hydrogens (tertiary/aromatic N) is 4. The molecule has 0 aliphatic heterocycles. The third-order valence-corrected chi connectivity index (χ3v) is 10.2. The van der Waals surface area contributed by atoms with Crippen molar-refractivity contribution in [3.05, 3.63) is 170 Å². The van der Waals surface area contributed by atoms with E-state index in [1.807, 2.05) is 84.9 Å². The Bertz CT molecular complexity index is 2500. The predicted molar refractivity (Wildman–Crippen MR) is 213 cm³/mol. The Balaban J connectivity index is 0.000000144. The van der Waals surface area contributed by atoms with Gasteiger partial charge in [-0.15, -0.1) is 22.7 Å². The van der Waals surface area contributed by atoms with Gasteiger partial charge in [0.1, 0.15) is 10.0 Å². The van der Waals surface area contributed by atoms with Crippen LogP contribution in [0.2, 0.25) is 0 Å². The quantitative estimate of drug-likeness (QED) is 0.0960. The topological polar surface area (TPSA) is 153 Å². The average molecular weight is 789 g/mol. The maximum atomic E-state index is 11.2. The summed E-state index contributed by atoms with van der Waals surface area (Å²) in [6.07, 6.45) is 0. The summed E-state index contributed by atoms with van der Waals surface area (Å²) < 4.78 is 3.33. The van der Waals surface area contributed by atoms with E-state index in [1.165, 1.54) is 40.6 Å². The smallest absolute Gasteiger partial charge is 0.423 e. The fourth-order valence-electron chi connectivity index (χ4n) is 5.15. The molecule has 0 atom stereocenters. The molecule has 2 heterocycles. The number of para-hydroxylation sites is 2. The summed E-state index contributed by atoms with van der Waals surface area (Å²) in [5.74, 6) is 0. The van der Waals surface area contributed by atoms with Gasteiger partial charge < -0.3 is 10.0 Å². The van der Waals surface area contributed by atoms with E-state index in [4.69, 9.17) is 10.0 Å². The molecule has 0 aliphatic carbocycles. The van der Waals surface area contributed by atoms with Gasteiger partial charge in [-0.1, -0.05) is 113 Å². The van der Waals surface area contributed by atoms with Crippen molar-refractivity contribution in [2.24, 2.45) is 0 Å². The summed E-state index contributed by atoms with van der Waals surface area (Å²) >= 11 is 6.79. The Kier molecular flexibility index (Phi) is 11.5. The Morgan fingerprint density at radius 2 is 1.04 bits per heavy atom. The van der Waals surface area contributed by atoms with Crippen molar-refractivity contribution in [2.45, 2.75) is 0 Å². The Morgan fingerprint density at radius 3 is 1.58 bits per heavy atom. The van der Waals surface area contributed by atoms with Crippen LogP contribution in [0, 0.1) is 20.2 Å². The molecule has 6 aromatic carbocycles. The molecule has 10 nitrogen and oxygen atoms in total. The fraction of sp³-hybridized carbons (Fsp3) is 0. The van der Waals surface area contributed by atoms with Crippen LogP contribution in [0.25, 0.3) is 52.7 Å². The molecule has 0 radical (unpaired) electrons. The molecule has 0 unspecified atom stereocenters. The first-order valence-electron chi connectivity index (χ1n) is 15.6.